The molecule has 0 rings (SSSR count). The topological polar surface area (TPSA) is 66.5 Å². The van der Waals surface area contributed by atoms with Gasteiger partial charge >= 0.3 is 0 Å². The average molecular weight is 264 g/mol. The molecule has 1 amide bonds. The van der Waals surface area contributed by atoms with E-state index in [2.05, 4.69) is 5.32 Å². The molecule has 0 aliphatic rings. The van der Waals surface area contributed by atoms with Crippen molar-refractivity contribution < 1.29 is 13.2 Å². The van der Waals surface area contributed by atoms with Crippen LogP contribution in [0.3, 0.4) is 0 Å². The van der Waals surface area contributed by atoms with E-state index >= 15 is 0 Å². The van der Waals surface area contributed by atoms with Gasteiger partial charge in [0, 0.05) is 12.1 Å². The SMILES string of the molecule is CC(C)CN(CC(=O)NC(C)(C)C)S(C)(=O)=O. The summed E-state index contributed by atoms with van der Waals surface area (Å²) in [6.45, 7) is 9.65. The van der Waals surface area contributed by atoms with Crippen LogP contribution in [-0.2, 0) is 14.8 Å². The minimum Gasteiger partial charge on any atom is -0.350 e. The van der Waals surface area contributed by atoms with Crippen LogP contribution in [0.15, 0.2) is 0 Å². The maximum atomic E-state index is 11.7. The van der Waals surface area contributed by atoms with Crippen molar-refractivity contribution >= 4 is 15.9 Å². The first-order valence-corrected chi connectivity index (χ1v) is 7.53. The molecule has 0 aromatic carbocycles. The Kier molecular flexibility index (Phi) is 5.61. The molecule has 5 nitrogen and oxygen atoms in total. The molecule has 0 saturated heterocycles. The number of amides is 1. The van der Waals surface area contributed by atoms with Crippen LogP contribution in [-0.4, -0.2) is 43.5 Å². The van der Waals surface area contributed by atoms with Crippen LogP contribution in [0, 0.1) is 5.92 Å². The number of hydrogen-bond donors (Lipinski definition) is 1. The summed E-state index contributed by atoms with van der Waals surface area (Å²) in [6, 6.07) is 0. The predicted molar refractivity (Wildman–Crippen MR) is 69.2 cm³/mol. The number of carbonyl (C=O) groups is 1. The molecule has 0 bridgehead atoms. The summed E-state index contributed by atoms with van der Waals surface area (Å²) in [5, 5.41) is 2.75. The lowest BCUT2D eigenvalue weighted by atomic mass is 10.1. The molecule has 0 spiro atoms. The summed E-state index contributed by atoms with van der Waals surface area (Å²) in [7, 11) is -3.34. The van der Waals surface area contributed by atoms with E-state index in [9.17, 15) is 13.2 Å². The summed E-state index contributed by atoms with van der Waals surface area (Å²) >= 11 is 0. The van der Waals surface area contributed by atoms with Gasteiger partial charge in [0.25, 0.3) is 0 Å². The smallest absolute Gasteiger partial charge is 0.235 e. The lowest BCUT2D eigenvalue weighted by Crippen LogP contribution is -2.47. The van der Waals surface area contributed by atoms with Gasteiger partial charge in [-0.2, -0.15) is 4.31 Å². The van der Waals surface area contributed by atoms with Crippen molar-refractivity contribution in [3.05, 3.63) is 0 Å². The van der Waals surface area contributed by atoms with E-state index in [1.807, 2.05) is 34.6 Å². The Hall–Kier alpha value is -0.620. The van der Waals surface area contributed by atoms with Crippen molar-refractivity contribution in [3.8, 4) is 0 Å². The highest BCUT2D eigenvalue weighted by atomic mass is 32.2. The Morgan fingerprint density at radius 1 is 1.29 bits per heavy atom. The lowest BCUT2D eigenvalue weighted by Gasteiger charge is -2.25. The quantitative estimate of drug-likeness (QED) is 0.799. The Morgan fingerprint density at radius 3 is 2.06 bits per heavy atom. The van der Waals surface area contributed by atoms with Crippen LogP contribution in [0.1, 0.15) is 34.6 Å². The van der Waals surface area contributed by atoms with E-state index in [-0.39, 0.29) is 23.9 Å². The molecular formula is C11H24N2O3S. The molecule has 17 heavy (non-hydrogen) atoms. The Balaban J connectivity index is 4.61. The van der Waals surface area contributed by atoms with Gasteiger partial charge < -0.3 is 5.32 Å². The van der Waals surface area contributed by atoms with Crippen molar-refractivity contribution in [3.63, 3.8) is 0 Å². The monoisotopic (exact) mass is 264 g/mol. The molecule has 0 radical (unpaired) electrons. The van der Waals surface area contributed by atoms with Gasteiger partial charge in [-0.3, -0.25) is 4.79 Å². The Morgan fingerprint density at radius 2 is 1.76 bits per heavy atom. The van der Waals surface area contributed by atoms with Gasteiger partial charge in [-0.05, 0) is 26.7 Å². The molecule has 6 heteroatoms. The zero-order valence-corrected chi connectivity index (χ0v) is 12.4. The van der Waals surface area contributed by atoms with Crippen molar-refractivity contribution in [2.24, 2.45) is 5.92 Å². The Bertz CT molecular complexity index is 355. The van der Waals surface area contributed by atoms with Crippen molar-refractivity contribution in [1.29, 1.82) is 0 Å². The maximum Gasteiger partial charge on any atom is 0.235 e. The van der Waals surface area contributed by atoms with E-state index in [1.54, 1.807) is 0 Å². The van der Waals surface area contributed by atoms with Gasteiger partial charge in [0.15, 0.2) is 0 Å². The number of nitrogens with one attached hydrogen (secondary N) is 1. The van der Waals surface area contributed by atoms with E-state index in [4.69, 9.17) is 0 Å². The summed E-state index contributed by atoms with van der Waals surface area (Å²) in [5.74, 6) is -0.0873. The molecule has 0 aliphatic carbocycles. The van der Waals surface area contributed by atoms with Crippen LogP contribution >= 0.6 is 0 Å². The van der Waals surface area contributed by atoms with Crippen LogP contribution in [0.2, 0.25) is 0 Å². The number of hydrogen-bond acceptors (Lipinski definition) is 3. The highest BCUT2D eigenvalue weighted by Gasteiger charge is 2.23. The van der Waals surface area contributed by atoms with Crippen molar-refractivity contribution in [2.45, 2.75) is 40.2 Å². The highest BCUT2D eigenvalue weighted by molar-refractivity contribution is 7.88. The van der Waals surface area contributed by atoms with Gasteiger partial charge in [0.05, 0.1) is 12.8 Å². The zero-order chi connectivity index (χ0) is 13.9. The first kappa shape index (κ1) is 16.4. The standard InChI is InChI=1S/C11H24N2O3S/c1-9(2)7-13(17(6,15)16)8-10(14)12-11(3,4)5/h9H,7-8H2,1-6H3,(H,12,14). The zero-order valence-electron chi connectivity index (χ0n) is 11.6. The number of nitrogens with zero attached hydrogens (tertiary/aromatic N) is 1. The maximum absolute atomic E-state index is 11.7. The summed E-state index contributed by atoms with van der Waals surface area (Å²) < 4.78 is 24.2. The molecule has 0 atom stereocenters. The van der Waals surface area contributed by atoms with Gasteiger partial charge in [0.2, 0.25) is 15.9 Å². The van der Waals surface area contributed by atoms with Crippen LogP contribution in [0.5, 0.6) is 0 Å². The van der Waals surface area contributed by atoms with E-state index < -0.39 is 10.0 Å². The molecular weight excluding hydrogens is 240 g/mol. The average Bonchev–Trinajstić information content (AvgIpc) is 1.95. The molecule has 0 heterocycles. The van der Waals surface area contributed by atoms with Gasteiger partial charge in [-0.25, -0.2) is 8.42 Å². The number of rotatable bonds is 5. The molecule has 0 unspecified atom stereocenters. The van der Waals surface area contributed by atoms with E-state index in [0.29, 0.717) is 6.54 Å². The summed E-state index contributed by atoms with van der Waals surface area (Å²) in [5.41, 5.74) is -0.349. The third kappa shape index (κ3) is 8.15. The van der Waals surface area contributed by atoms with Gasteiger partial charge in [-0.15, -0.1) is 0 Å². The van der Waals surface area contributed by atoms with Crippen molar-refractivity contribution in [1.82, 2.24) is 9.62 Å². The van der Waals surface area contributed by atoms with Gasteiger partial charge in [0.1, 0.15) is 0 Å². The predicted octanol–water partition coefficient (Wildman–Crippen LogP) is 0.819. The highest BCUT2D eigenvalue weighted by Crippen LogP contribution is 2.05. The molecule has 102 valence electrons. The van der Waals surface area contributed by atoms with E-state index in [0.717, 1.165) is 6.26 Å². The first-order valence-electron chi connectivity index (χ1n) is 5.68. The van der Waals surface area contributed by atoms with Gasteiger partial charge in [-0.1, -0.05) is 13.8 Å². The van der Waals surface area contributed by atoms with Crippen LogP contribution in [0.25, 0.3) is 0 Å². The first-order chi connectivity index (χ1) is 7.42. The second-order valence-electron chi connectivity index (χ2n) is 5.75. The van der Waals surface area contributed by atoms with Crippen molar-refractivity contribution in [2.75, 3.05) is 19.3 Å². The Labute approximate surface area is 105 Å². The second kappa shape index (κ2) is 5.82. The largest absolute Gasteiger partial charge is 0.350 e. The van der Waals surface area contributed by atoms with Crippen LogP contribution < -0.4 is 5.32 Å². The third-order valence-electron chi connectivity index (χ3n) is 1.87. The molecule has 0 aromatic heterocycles. The summed E-state index contributed by atoms with van der Waals surface area (Å²) in [6.07, 6.45) is 1.12. The van der Waals surface area contributed by atoms with Crippen LogP contribution in [0.4, 0.5) is 0 Å². The number of carbonyl (C=O) groups excluding carboxylic acids is 1. The number of sulfonamides is 1. The molecule has 0 aliphatic heterocycles. The molecule has 0 saturated carbocycles. The fraction of sp³-hybridized carbons (Fsp3) is 0.909. The third-order valence-corrected chi connectivity index (χ3v) is 3.09. The molecule has 0 fully saturated rings. The fourth-order valence-electron chi connectivity index (χ4n) is 1.34. The lowest BCUT2D eigenvalue weighted by molar-refractivity contribution is -0.122. The molecule has 0 aromatic rings. The minimum absolute atomic E-state index is 0.117. The van der Waals surface area contributed by atoms with E-state index in [1.165, 1.54) is 4.31 Å². The molecule has 1 N–H and O–H groups in total. The fourth-order valence-corrected chi connectivity index (χ4v) is 2.26. The normalized spacial score (nSPS) is 13.2. The minimum atomic E-state index is -3.34. The summed E-state index contributed by atoms with van der Waals surface area (Å²) in [4.78, 5) is 11.7. The second-order valence-corrected chi connectivity index (χ2v) is 7.73.